The van der Waals surface area contributed by atoms with Gasteiger partial charge in [0.1, 0.15) is 36.8 Å². The van der Waals surface area contributed by atoms with Gasteiger partial charge in [0.15, 0.2) is 0 Å². The average Bonchev–Trinajstić information content (AvgIpc) is 3.07. The number of hydrogen-bond acceptors (Lipinski definition) is 9. The highest BCUT2D eigenvalue weighted by Gasteiger charge is 2.38. The third-order valence-corrected chi connectivity index (χ3v) is 9.46. The molecule has 1 unspecified atom stereocenters. The minimum Gasteiger partial charge on any atom is -0.460 e. The summed E-state index contributed by atoms with van der Waals surface area (Å²) in [5, 5.41) is 30.2. The fourth-order valence-electron chi connectivity index (χ4n) is 5.96. The lowest BCUT2D eigenvalue weighted by molar-refractivity contribution is -0.157. The summed E-state index contributed by atoms with van der Waals surface area (Å²) < 4.78 is 5.79. The number of aliphatic hydroxyl groups excluding tert-OH is 2. The topological polar surface area (TPSA) is 203 Å². The van der Waals surface area contributed by atoms with Crippen molar-refractivity contribution in [3.63, 3.8) is 0 Å². The van der Waals surface area contributed by atoms with Crippen molar-refractivity contribution in [2.24, 2.45) is 17.8 Å². The van der Waals surface area contributed by atoms with E-state index in [1.807, 2.05) is 20.8 Å². The van der Waals surface area contributed by atoms with Crippen LogP contribution < -0.4 is 21.3 Å². The molecule has 0 aromatic heterocycles. The Morgan fingerprint density at radius 2 is 1.38 bits per heavy atom. The molecule has 0 radical (unpaired) electrons. The Morgan fingerprint density at radius 1 is 0.800 bits per heavy atom. The lowest BCUT2D eigenvalue weighted by Gasteiger charge is -2.34. The lowest BCUT2D eigenvalue weighted by Crippen LogP contribution is -2.61. The van der Waals surface area contributed by atoms with Gasteiger partial charge in [-0.25, -0.2) is 0 Å². The van der Waals surface area contributed by atoms with Gasteiger partial charge in [-0.2, -0.15) is 0 Å². The van der Waals surface area contributed by atoms with Crippen LogP contribution in [-0.4, -0.2) is 107 Å². The number of esters is 1. The van der Waals surface area contributed by atoms with Crippen LogP contribution in [0.25, 0.3) is 0 Å². The minimum atomic E-state index is -1.53. The summed E-state index contributed by atoms with van der Waals surface area (Å²) >= 11 is 0. The second kappa shape index (κ2) is 23.3. The summed E-state index contributed by atoms with van der Waals surface area (Å²) in [4.78, 5) is 81.9. The van der Waals surface area contributed by atoms with E-state index < -0.39 is 96.9 Å². The fraction of sp³-hybridized carbons (Fsp3) is 0.833. The molecule has 1 aliphatic heterocycles. The van der Waals surface area contributed by atoms with Gasteiger partial charge in [0.05, 0.1) is 18.6 Å². The van der Waals surface area contributed by atoms with Crippen LogP contribution in [0.15, 0.2) is 0 Å². The van der Waals surface area contributed by atoms with Crippen molar-refractivity contribution >= 4 is 35.5 Å². The van der Waals surface area contributed by atoms with Crippen LogP contribution in [-0.2, 0) is 33.5 Å². The maximum Gasteiger partial charge on any atom is 0.325 e. The smallest absolute Gasteiger partial charge is 0.325 e. The molecule has 1 rings (SSSR count). The first-order valence-corrected chi connectivity index (χ1v) is 18.5. The first kappa shape index (κ1) is 44.8. The van der Waals surface area contributed by atoms with Crippen LogP contribution in [0.2, 0.25) is 0 Å². The predicted octanol–water partition coefficient (Wildman–Crippen LogP) is 1.94. The minimum absolute atomic E-state index is 0.00678. The number of carbonyl (C=O) groups excluding carboxylic acids is 6. The summed E-state index contributed by atoms with van der Waals surface area (Å²) in [6.45, 7) is 11.0. The first-order valence-electron chi connectivity index (χ1n) is 18.5. The Bertz CT molecular complexity index is 1100. The van der Waals surface area contributed by atoms with Crippen molar-refractivity contribution in [2.45, 2.75) is 155 Å². The number of nitrogens with one attached hydrogen (secondary N) is 4. The van der Waals surface area contributed by atoms with E-state index in [9.17, 15) is 39.0 Å². The standard InChI is InChI=1S/C36H65N5O9/c1-9-11-12-13-14-15-16-17-18-28-24(6)36(49)41(8)27(19-22(3)4)33(46)39-30(23(5)10-2)35(48)38-26(21-42)32(45)40-31(25(7)43)34(47)37-20-29(44)50-28/h22-28,30-31,42-43H,9-21H2,1-8H3,(H,37,47)(H,38,48)(H,39,46)(H,40,45)/t23-,24-,25+,26+,27+,28?,30+,31+/m1/s1. The maximum atomic E-state index is 14.0. The van der Waals surface area contributed by atoms with Gasteiger partial charge >= 0.3 is 5.97 Å². The molecule has 8 atom stereocenters. The van der Waals surface area contributed by atoms with Gasteiger partial charge in [-0.3, -0.25) is 28.8 Å². The van der Waals surface area contributed by atoms with Crippen LogP contribution in [0.4, 0.5) is 0 Å². The van der Waals surface area contributed by atoms with Crippen molar-refractivity contribution in [2.75, 3.05) is 20.2 Å². The Labute approximate surface area is 298 Å². The van der Waals surface area contributed by atoms with Gasteiger partial charge in [0.2, 0.25) is 29.5 Å². The molecule has 50 heavy (non-hydrogen) atoms. The number of hydrogen-bond donors (Lipinski definition) is 6. The summed E-state index contributed by atoms with van der Waals surface area (Å²) in [7, 11) is 1.52. The highest BCUT2D eigenvalue weighted by molar-refractivity contribution is 5.96. The number of aliphatic hydroxyl groups is 2. The highest BCUT2D eigenvalue weighted by atomic mass is 16.5. The van der Waals surface area contributed by atoms with Crippen LogP contribution >= 0.6 is 0 Å². The number of ether oxygens (including phenoxy) is 1. The molecule has 6 N–H and O–H groups in total. The first-order chi connectivity index (χ1) is 23.6. The molecule has 14 heteroatoms. The second-order valence-electron chi connectivity index (χ2n) is 14.2. The molecule has 0 aliphatic carbocycles. The predicted molar refractivity (Wildman–Crippen MR) is 189 cm³/mol. The zero-order valence-corrected chi connectivity index (χ0v) is 31.6. The Kier molecular flexibility index (Phi) is 20.8. The fourth-order valence-corrected chi connectivity index (χ4v) is 5.96. The largest absolute Gasteiger partial charge is 0.460 e. The molecule has 1 heterocycles. The quantitative estimate of drug-likeness (QED) is 0.108. The number of rotatable bonds is 15. The van der Waals surface area contributed by atoms with Crippen molar-refractivity contribution in [1.82, 2.24) is 26.2 Å². The van der Waals surface area contributed by atoms with Gasteiger partial charge in [0, 0.05) is 7.05 Å². The van der Waals surface area contributed by atoms with E-state index in [2.05, 4.69) is 28.2 Å². The van der Waals surface area contributed by atoms with Gasteiger partial charge in [-0.15, -0.1) is 0 Å². The van der Waals surface area contributed by atoms with Crippen molar-refractivity contribution in [3.05, 3.63) is 0 Å². The maximum absolute atomic E-state index is 14.0. The molecule has 1 aliphatic rings. The Hall–Kier alpha value is -3.26. The van der Waals surface area contributed by atoms with Crippen LogP contribution in [0, 0.1) is 17.8 Å². The summed E-state index contributed by atoms with van der Waals surface area (Å²) in [6, 6.07) is -5.15. The van der Waals surface area contributed by atoms with Crippen molar-refractivity contribution in [3.8, 4) is 0 Å². The number of likely N-dealkylation sites (N-methyl/N-ethyl adjacent to an activating group) is 1. The molecule has 1 saturated heterocycles. The lowest BCUT2D eigenvalue weighted by atomic mass is 9.94. The molecule has 0 spiro atoms. The number of cyclic esters (lactones) is 1. The van der Waals surface area contributed by atoms with Gasteiger partial charge in [0.25, 0.3) is 0 Å². The zero-order valence-electron chi connectivity index (χ0n) is 31.6. The zero-order chi connectivity index (χ0) is 38.0. The number of carbonyl (C=O) groups is 6. The van der Waals surface area contributed by atoms with E-state index in [0.29, 0.717) is 19.3 Å². The number of amides is 5. The molecule has 14 nitrogen and oxygen atoms in total. The Balaban J connectivity index is 3.50. The molecule has 0 saturated carbocycles. The third kappa shape index (κ3) is 14.9. The van der Waals surface area contributed by atoms with Crippen molar-refractivity contribution in [1.29, 1.82) is 0 Å². The molecule has 1 fully saturated rings. The van der Waals surface area contributed by atoms with E-state index in [0.717, 1.165) is 25.7 Å². The molecule has 0 bridgehead atoms. The van der Waals surface area contributed by atoms with E-state index in [-0.39, 0.29) is 12.3 Å². The van der Waals surface area contributed by atoms with Crippen molar-refractivity contribution < 1.29 is 43.7 Å². The molecular formula is C36H65N5O9. The molecule has 288 valence electrons. The van der Waals surface area contributed by atoms with Crippen LogP contribution in [0.5, 0.6) is 0 Å². The second-order valence-corrected chi connectivity index (χ2v) is 14.2. The van der Waals surface area contributed by atoms with E-state index in [1.54, 1.807) is 13.8 Å². The highest BCUT2D eigenvalue weighted by Crippen LogP contribution is 2.22. The molecule has 0 aromatic carbocycles. The summed E-state index contributed by atoms with van der Waals surface area (Å²) in [5.74, 6) is -5.63. The van der Waals surface area contributed by atoms with E-state index >= 15 is 0 Å². The third-order valence-electron chi connectivity index (χ3n) is 9.46. The molecule has 0 aromatic rings. The van der Waals surface area contributed by atoms with Gasteiger partial charge in [-0.05, 0) is 38.0 Å². The Morgan fingerprint density at radius 3 is 1.92 bits per heavy atom. The number of nitrogens with zero attached hydrogens (tertiary/aromatic N) is 1. The van der Waals surface area contributed by atoms with E-state index in [1.165, 1.54) is 38.1 Å². The molecule has 5 amide bonds. The summed E-state index contributed by atoms with van der Waals surface area (Å²) in [5.41, 5.74) is 0. The van der Waals surface area contributed by atoms with E-state index in [4.69, 9.17) is 4.74 Å². The SMILES string of the molecule is CCCCCCCCCCC1OC(=O)CNC(=O)[C@H]([C@H](C)O)NC(=O)[C@H](CO)NC(=O)[C@H]([C@H](C)CC)NC(=O)[C@H](CC(C)C)N(C)C(=O)[C@@H]1C. The monoisotopic (exact) mass is 711 g/mol. The van der Waals surface area contributed by atoms with Gasteiger partial charge in [-0.1, -0.05) is 92.9 Å². The van der Waals surface area contributed by atoms with Crippen LogP contribution in [0.1, 0.15) is 119 Å². The van der Waals surface area contributed by atoms with Gasteiger partial charge < -0.3 is 41.1 Å². The molecular weight excluding hydrogens is 646 g/mol. The number of unbranched alkanes of at least 4 members (excludes halogenated alkanes) is 7. The normalized spacial score (nSPS) is 26.5. The summed E-state index contributed by atoms with van der Waals surface area (Å²) in [6.07, 6.45) is 7.29. The average molecular weight is 712 g/mol. The van der Waals surface area contributed by atoms with Crippen LogP contribution in [0.3, 0.4) is 0 Å².